The van der Waals surface area contributed by atoms with Gasteiger partial charge in [0.1, 0.15) is 23.3 Å². The van der Waals surface area contributed by atoms with Crippen molar-refractivity contribution in [1.82, 2.24) is 29.9 Å². The van der Waals surface area contributed by atoms with Gasteiger partial charge in [0.15, 0.2) is 5.75 Å². The van der Waals surface area contributed by atoms with E-state index in [1.165, 1.54) is 4.80 Å². The Morgan fingerprint density at radius 3 is 2.41 bits per heavy atom. The molecule has 0 atom stereocenters. The predicted molar refractivity (Wildman–Crippen MR) is 153 cm³/mol. The molecule has 0 saturated carbocycles. The Morgan fingerprint density at radius 1 is 0.974 bits per heavy atom. The van der Waals surface area contributed by atoms with Crippen LogP contribution in [0.3, 0.4) is 0 Å². The lowest BCUT2D eigenvalue weighted by atomic mass is 9.80. The zero-order valence-electron chi connectivity index (χ0n) is 23.5. The molecule has 2 N–H and O–H groups in total. The quantitative estimate of drug-likeness (QED) is 0.227. The largest absolute Gasteiger partial charge is 0.504 e. The van der Waals surface area contributed by atoms with Crippen LogP contribution in [0, 0.1) is 13.8 Å². The molecule has 0 amide bonds. The number of anilines is 3. The van der Waals surface area contributed by atoms with Crippen molar-refractivity contribution in [2.75, 3.05) is 16.8 Å². The number of rotatable bonds is 7. The second-order valence-corrected chi connectivity index (χ2v) is 11.4. The summed E-state index contributed by atoms with van der Waals surface area (Å²) in [7, 11) is 0. The average molecular weight is 529 g/mol. The monoisotopic (exact) mass is 528 g/mol. The highest BCUT2D eigenvalue weighted by molar-refractivity contribution is 5.76. The van der Waals surface area contributed by atoms with Crippen LogP contribution in [0.5, 0.6) is 11.8 Å². The number of aromatic nitrogens is 6. The fourth-order valence-electron chi connectivity index (χ4n) is 5.50. The summed E-state index contributed by atoms with van der Waals surface area (Å²) >= 11 is 0. The van der Waals surface area contributed by atoms with Crippen LogP contribution in [0.1, 0.15) is 58.1 Å². The summed E-state index contributed by atoms with van der Waals surface area (Å²) in [5.41, 5.74) is 4.02. The Kier molecular flexibility index (Phi) is 6.65. The fourth-order valence-corrected chi connectivity index (χ4v) is 5.50. The van der Waals surface area contributed by atoms with E-state index in [4.69, 9.17) is 9.72 Å². The van der Waals surface area contributed by atoms with E-state index in [9.17, 15) is 5.11 Å². The van der Waals surface area contributed by atoms with Crippen LogP contribution in [0.25, 0.3) is 16.7 Å². The van der Waals surface area contributed by atoms with Gasteiger partial charge < -0.3 is 20.1 Å². The number of phenolic OH excluding ortho intramolecular Hbond substituents is 1. The van der Waals surface area contributed by atoms with E-state index < -0.39 is 0 Å². The molecular weight excluding hydrogens is 492 g/mol. The van der Waals surface area contributed by atoms with Gasteiger partial charge in [-0.3, -0.25) is 0 Å². The summed E-state index contributed by atoms with van der Waals surface area (Å²) in [4.78, 5) is 17.7. The van der Waals surface area contributed by atoms with E-state index in [1.54, 1.807) is 6.08 Å². The number of piperidine rings is 1. The van der Waals surface area contributed by atoms with Crippen LogP contribution in [0.2, 0.25) is 0 Å². The standard InChI is InChI=1S/C29H36N8O2/c1-8-14-39-27-32-25(31-26(33-27)36-28(4,5)12-9-13-29(36,6)7)30-22-16-19(3)17-23(24(22)38)37-34-20-11-10-18(2)15-21(20)35-37/h8,10-11,15-17,38H,1,9,12-14H2,2-7H3,(H,30,31,32,33). The molecule has 0 aliphatic carbocycles. The van der Waals surface area contributed by atoms with Gasteiger partial charge in [0.25, 0.3) is 0 Å². The fraction of sp³-hybridized carbons (Fsp3) is 0.414. The van der Waals surface area contributed by atoms with Gasteiger partial charge in [-0.05, 0) is 96.2 Å². The highest BCUT2D eigenvalue weighted by Crippen LogP contribution is 2.41. The summed E-state index contributed by atoms with van der Waals surface area (Å²) in [6.07, 6.45) is 4.80. The summed E-state index contributed by atoms with van der Waals surface area (Å²) in [6.45, 7) is 16.8. The van der Waals surface area contributed by atoms with Crippen molar-refractivity contribution in [2.24, 2.45) is 0 Å². The topological polar surface area (TPSA) is 114 Å². The Morgan fingerprint density at radius 2 is 1.69 bits per heavy atom. The number of phenols is 1. The molecule has 0 unspecified atom stereocenters. The summed E-state index contributed by atoms with van der Waals surface area (Å²) in [6, 6.07) is 9.71. The molecule has 204 valence electrons. The number of benzene rings is 2. The molecule has 2 aromatic carbocycles. The van der Waals surface area contributed by atoms with Gasteiger partial charge in [0.05, 0.1) is 5.69 Å². The van der Waals surface area contributed by atoms with Crippen LogP contribution in [0.15, 0.2) is 43.0 Å². The second kappa shape index (κ2) is 9.83. The van der Waals surface area contributed by atoms with Gasteiger partial charge in [0.2, 0.25) is 11.9 Å². The van der Waals surface area contributed by atoms with Gasteiger partial charge in [-0.1, -0.05) is 18.7 Å². The molecule has 0 radical (unpaired) electrons. The van der Waals surface area contributed by atoms with Crippen LogP contribution in [-0.2, 0) is 0 Å². The normalized spacial score (nSPS) is 16.3. The zero-order chi connectivity index (χ0) is 27.9. The molecule has 1 aliphatic rings. The third-order valence-electron chi connectivity index (χ3n) is 7.15. The molecule has 1 aliphatic heterocycles. The van der Waals surface area contributed by atoms with Gasteiger partial charge in [-0.2, -0.15) is 15.0 Å². The molecule has 10 nitrogen and oxygen atoms in total. The number of nitrogens with zero attached hydrogens (tertiary/aromatic N) is 7. The van der Waals surface area contributed by atoms with E-state index in [2.05, 4.69) is 64.7 Å². The van der Waals surface area contributed by atoms with E-state index in [0.29, 0.717) is 17.3 Å². The first-order valence-electron chi connectivity index (χ1n) is 13.2. The van der Waals surface area contributed by atoms with Crippen molar-refractivity contribution in [2.45, 2.75) is 71.9 Å². The predicted octanol–water partition coefficient (Wildman–Crippen LogP) is 5.78. The highest BCUT2D eigenvalue weighted by Gasteiger charge is 2.43. The van der Waals surface area contributed by atoms with Gasteiger partial charge >= 0.3 is 6.01 Å². The minimum Gasteiger partial charge on any atom is -0.504 e. The summed E-state index contributed by atoms with van der Waals surface area (Å²) in [5.74, 6) is 0.757. The van der Waals surface area contributed by atoms with E-state index in [0.717, 1.165) is 41.4 Å². The van der Waals surface area contributed by atoms with Crippen molar-refractivity contribution in [3.8, 4) is 17.4 Å². The molecule has 10 heteroatoms. The number of hydrogen-bond acceptors (Lipinski definition) is 9. The molecule has 3 heterocycles. The van der Waals surface area contributed by atoms with Gasteiger partial charge in [-0.25, -0.2) is 0 Å². The summed E-state index contributed by atoms with van der Waals surface area (Å²) in [5, 5.41) is 23.7. The number of nitrogens with one attached hydrogen (secondary N) is 1. The smallest absolute Gasteiger partial charge is 0.323 e. The molecule has 4 aromatic rings. The third kappa shape index (κ3) is 5.23. The average Bonchev–Trinajstić information content (AvgIpc) is 3.26. The lowest BCUT2D eigenvalue weighted by molar-refractivity contribution is 0.238. The maximum absolute atomic E-state index is 11.3. The first kappa shape index (κ1) is 26.4. The number of fused-ring (bicyclic) bond motifs is 1. The van der Waals surface area contributed by atoms with Crippen LogP contribution in [0.4, 0.5) is 17.6 Å². The SMILES string of the molecule is C=CCOc1nc(Nc2cc(C)cc(-n3nc4ccc(C)cc4n3)c2O)nc(N2C(C)(C)CCCC2(C)C)n1. The lowest BCUT2D eigenvalue weighted by Crippen LogP contribution is -2.59. The number of hydrogen-bond donors (Lipinski definition) is 2. The molecule has 1 fully saturated rings. The molecule has 39 heavy (non-hydrogen) atoms. The van der Waals surface area contributed by atoms with Gasteiger partial charge in [-0.15, -0.1) is 15.0 Å². The Bertz CT molecular complexity index is 1530. The molecule has 5 rings (SSSR count). The van der Waals surface area contributed by atoms with Crippen LogP contribution in [-0.4, -0.2) is 52.7 Å². The minimum atomic E-state index is -0.166. The maximum atomic E-state index is 11.3. The van der Waals surface area contributed by atoms with Crippen molar-refractivity contribution in [1.29, 1.82) is 0 Å². The van der Waals surface area contributed by atoms with Crippen molar-refractivity contribution >= 4 is 28.6 Å². The zero-order valence-corrected chi connectivity index (χ0v) is 23.5. The molecule has 0 spiro atoms. The first-order chi connectivity index (χ1) is 18.5. The first-order valence-corrected chi connectivity index (χ1v) is 13.2. The van der Waals surface area contributed by atoms with E-state index >= 15 is 0 Å². The Hall–Kier alpha value is -4.21. The third-order valence-corrected chi connectivity index (χ3v) is 7.15. The Balaban J connectivity index is 1.57. The van der Waals surface area contributed by atoms with Crippen LogP contribution < -0.4 is 15.0 Å². The Labute approximate surface area is 228 Å². The highest BCUT2D eigenvalue weighted by atomic mass is 16.5. The summed E-state index contributed by atoms with van der Waals surface area (Å²) < 4.78 is 5.76. The second-order valence-electron chi connectivity index (χ2n) is 11.4. The van der Waals surface area contributed by atoms with E-state index in [1.807, 2.05) is 44.2 Å². The van der Waals surface area contributed by atoms with Gasteiger partial charge in [0, 0.05) is 11.1 Å². The number of aromatic hydroxyl groups is 1. The molecular formula is C29H36N8O2. The van der Waals surface area contributed by atoms with Crippen molar-refractivity contribution in [3.63, 3.8) is 0 Å². The van der Waals surface area contributed by atoms with Crippen molar-refractivity contribution in [3.05, 3.63) is 54.1 Å². The molecule has 1 saturated heterocycles. The van der Waals surface area contributed by atoms with Crippen molar-refractivity contribution < 1.29 is 9.84 Å². The molecule has 2 aromatic heterocycles. The maximum Gasteiger partial charge on any atom is 0.323 e. The minimum absolute atomic E-state index is 0.0215. The number of ether oxygens (including phenoxy) is 1. The number of aryl methyl sites for hydroxylation is 2. The lowest BCUT2D eigenvalue weighted by Gasteiger charge is -2.52. The van der Waals surface area contributed by atoms with E-state index in [-0.39, 0.29) is 35.4 Å². The van der Waals surface area contributed by atoms with Crippen LogP contribution >= 0.6 is 0 Å². The molecule has 0 bridgehead atoms.